The first-order valence-corrected chi connectivity index (χ1v) is 10.3. The van der Waals surface area contributed by atoms with E-state index >= 15 is 0 Å². The van der Waals surface area contributed by atoms with Crippen molar-refractivity contribution < 1.29 is 24.2 Å². The van der Waals surface area contributed by atoms with E-state index in [2.05, 4.69) is 16.7 Å². The van der Waals surface area contributed by atoms with Crippen molar-refractivity contribution in [3.05, 3.63) is 77.1 Å². The molecule has 0 spiro atoms. The molecule has 7 heteroatoms. The minimum Gasteiger partial charge on any atom is -0.456 e. The predicted molar refractivity (Wildman–Crippen MR) is 117 cm³/mol. The lowest BCUT2D eigenvalue weighted by Crippen LogP contribution is -2.48. The highest BCUT2D eigenvalue weighted by molar-refractivity contribution is 5.88. The SMILES string of the molecule is [C-]#[N+]c1ccc(C2CC(O)(C#CC(=O)OCC)CCN2C(=O)OCc2ccccc2)cc1. The Morgan fingerprint density at radius 1 is 1.19 bits per heavy atom. The lowest BCUT2D eigenvalue weighted by Gasteiger charge is -2.41. The second-order valence-corrected chi connectivity index (χ2v) is 7.41. The van der Waals surface area contributed by atoms with E-state index in [0.717, 1.165) is 11.1 Å². The summed E-state index contributed by atoms with van der Waals surface area (Å²) in [6.45, 7) is 9.33. The Morgan fingerprint density at radius 3 is 2.56 bits per heavy atom. The van der Waals surface area contributed by atoms with Gasteiger partial charge < -0.3 is 19.5 Å². The van der Waals surface area contributed by atoms with Gasteiger partial charge in [-0.25, -0.2) is 14.4 Å². The number of likely N-dealkylation sites (tertiary alicyclic amines) is 1. The molecule has 1 saturated heterocycles. The maximum absolute atomic E-state index is 12.9. The van der Waals surface area contributed by atoms with Gasteiger partial charge in [0.1, 0.15) is 12.2 Å². The minimum atomic E-state index is -1.47. The van der Waals surface area contributed by atoms with Gasteiger partial charge in [-0.15, -0.1) is 0 Å². The molecule has 2 aromatic carbocycles. The fraction of sp³-hybridized carbons (Fsp3) is 0.320. The summed E-state index contributed by atoms with van der Waals surface area (Å²) in [4.78, 5) is 29.5. The molecule has 32 heavy (non-hydrogen) atoms. The van der Waals surface area contributed by atoms with Crippen molar-refractivity contribution in [1.29, 1.82) is 0 Å². The van der Waals surface area contributed by atoms with Crippen LogP contribution >= 0.6 is 0 Å². The van der Waals surface area contributed by atoms with Crippen LogP contribution in [0.5, 0.6) is 0 Å². The van der Waals surface area contributed by atoms with E-state index in [-0.39, 0.29) is 32.6 Å². The molecule has 164 valence electrons. The molecule has 2 aromatic rings. The number of carbonyl (C=O) groups excluding carboxylic acids is 2. The quantitative estimate of drug-likeness (QED) is 0.342. The van der Waals surface area contributed by atoms with Crippen LogP contribution in [0.3, 0.4) is 0 Å². The van der Waals surface area contributed by atoms with Crippen molar-refractivity contribution in [2.24, 2.45) is 0 Å². The number of nitrogens with zero attached hydrogens (tertiary/aromatic N) is 2. The number of aliphatic hydroxyl groups is 1. The first-order chi connectivity index (χ1) is 15.4. The van der Waals surface area contributed by atoms with E-state index in [4.69, 9.17) is 16.0 Å². The smallest absolute Gasteiger partial charge is 0.410 e. The number of rotatable bonds is 4. The van der Waals surface area contributed by atoms with Gasteiger partial charge >= 0.3 is 12.1 Å². The summed E-state index contributed by atoms with van der Waals surface area (Å²) in [5.41, 5.74) is 0.615. The summed E-state index contributed by atoms with van der Waals surface area (Å²) in [6, 6.07) is 15.6. The van der Waals surface area contributed by atoms with Gasteiger partial charge in [-0.3, -0.25) is 0 Å². The number of ether oxygens (including phenoxy) is 2. The molecule has 0 saturated carbocycles. The number of carbonyl (C=O) groups is 2. The fourth-order valence-electron chi connectivity index (χ4n) is 3.53. The Kier molecular flexibility index (Phi) is 7.49. The second kappa shape index (κ2) is 10.5. The molecule has 0 radical (unpaired) electrons. The third-order valence-corrected chi connectivity index (χ3v) is 5.19. The topological polar surface area (TPSA) is 80.4 Å². The van der Waals surface area contributed by atoms with Crippen molar-refractivity contribution >= 4 is 17.7 Å². The second-order valence-electron chi connectivity index (χ2n) is 7.41. The highest BCUT2D eigenvalue weighted by atomic mass is 16.6. The minimum absolute atomic E-state index is 0.0945. The zero-order valence-corrected chi connectivity index (χ0v) is 17.8. The average Bonchev–Trinajstić information content (AvgIpc) is 2.82. The summed E-state index contributed by atoms with van der Waals surface area (Å²) >= 11 is 0. The van der Waals surface area contributed by atoms with E-state index in [0.29, 0.717) is 5.69 Å². The standard InChI is InChI=1S/C25H24N2O5/c1-3-31-23(28)13-14-25(30)15-16-27(24(29)32-18-19-7-5-4-6-8-19)22(17-25)20-9-11-21(26-2)12-10-20/h4-12,22,30H,3,15-18H2,1H3. The molecular weight excluding hydrogens is 408 g/mol. The Morgan fingerprint density at radius 2 is 1.91 bits per heavy atom. The molecular formula is C25H24N2O5. The lowest BCUT2D eigenvalue weighted by molar-refractivity contribution is -0.136. The van der Waals surface area contributed by atoms with Gasteiger partial charge in [-0.2, -0.15) is 0 Å². The van der Waals surface area contributed by atoms with Gasteiger partial charge in [0.25, 0.3) is 0 Å². The van der Waals surface area contributed by atoms with Crippen LogP contribution in [-0.2, 0) is 20.9 Å². The Bertz CT molecular complexity index is 1050. The Labute approximate surface area is 187 Å². The zero-order valence-electron chi connectivity index (χ0n) is 17.8. The summed E-state index contributed by atoms with van der Waals surface area (Å²) in [5, 5.41) is 11.0. The van der Waals surface area contributed by atoms with Crippen LogP contribution in [0.25, 0.3) is 4.85 Å². The largest absolute Gasteiger partial charge is 0.456 e. The third kappa shape index (κ3) is 5.87. The molecule has 1 heterocycles. The van der Waals surface area contributed by atoms with Crippen molar-refractivity contribution in [2.75, 3.05) is 13.2 Å². The molecule has 1 amide bonds. The summed E-state index contributed by atoms with van der Waals surface area (Å²) in [5.74, 6) is 4.26. The van der Waals surface area contributed by atoms with Crippen molar-refractivity contribution in [3.63, 3.8) is 0 Å². The fourth-order valence-corrected chi connectivity index (χ4v) is 3.53. The van der Waals surface area contributed by atoms with Crippen LogP contribution in [0, 0.1) is 18.4 Å². The van der Waals surface area contributed by atoms with E-state index in [1.54, 1.807) is 36.1 Å². The van der Waals surface area contributed by atoms with Gasteiger partial charge in [-0.05, 0) is 18.1 Å². The van der Waals surface area contributed by atoms with Crippen molar-refractivity contribution in [3.8, 4) is 11.8 Å². The zero-order chi connectivity index (χ0) is 23.0. The molecule has 0 bridgehead atoms. The predicted octanol–water partition coefficient (Wildman–Crippen LogP) is 4.01. The van der Waals surface area contributed by atoms with Crippen LogP contribution in [0.15, 0.2) is 54.6 Å². The van der Waals surface area contributed by atoms with Crippen LogP contribution in [-0.4, -0.2) is 40.8 Å². The maximum atomic E-state index is 12.9. The third-order valence-electron chi connectivity index (χ3n) is 5.19. The molecule has 1 N–H and O–H groups in total. The molecule has 1 fully saturated rings. The lowest BCUT2D eigenvalue weighted by atomic mass is 9.84. The van der Waals surface area contributed by atoms with E-state index in [1.165, 1.54) is 0 Å². The molecule has 1 aliphatic heterocycles. The molecule has 3 rings (SSSR count). The monoisotopic (exact) mass is 432 g/mol. The van der Waals surface area contributed by atoms with Crippen molar-refractivity contribution in [2.45, 2.75) is 38.0 Å². The first-order valence-electron chi connectivity index (χ1n) is 10.3. The normalized spacial score (nSPS) is 19.8. The van der Waals surface area contributed by atoms with E-state index < -0.39 is 23.7 Å². The Hall–Kier alpha value is -3.81. The number of hydrogen-bond donors (Lipinski definition) is 1. The molecule has 2 unspecified atom stereocenters. The number of esters is 1. The first kappa shape index (κ1) is 22.9. The van der Waals surface area contributed by atoms with Gasteiger partial charge in [0.15, 0.2) is 5.69 Å². The highest BCUT2D eigenvalue weighted by Gasteiger charge is 2.40. The summed E-state index contributed by atoms with van der Waals surface area (Å²) in [6.07, 6.45) is -0.248. The van der Waals surface area contributed by atoms with Crippen LogP contribution in [0.4, 0.5) is 10.5 Å². The van der Waals surface area contributed by atoms with E-state index in [1.807, 2.05) is 30.3 Å². The summed E-state index contributed by atoms with van der Waals surface area (Å²) in [7, 11) is 0. The molecule has 1 aliphatic rings. The van der Waals surface area contributed by atoms with Gasteiger partial charge in [0, 0.05) is 25.3 Å². The van der Waals surface area contributed by atoms with E-state index in [9.17, 15) is 14.7 Å². The van der Waals surface area contributed by atoms with Crippen molar-refractivity contribution in [1.82, 2.24) is 4.90 Å². The van der Waals surface area contributed by atoms with Crippen LogP contribution < -0.4 is 0 Å². The van der Waals surface area contributed by atoms with Gasteiger partial charge in [0.05, 0.1) is 19.2 Å². The average molecular weight is 432 g/mol. The van der Waals surface area contributed by atoms with Gasteiger partial charge in [0.2, 0.25) is 0 Å². The molecule has 7 nitrogen and oxygen atoms in total. The number of piperidine rings is 1. The summed E-state index contributed by atoms with van der Waals surface area (Å²) < 4.78 is 10.3. The van der Waals surface area contributed by atoms with Crippen LogP contribution in [0.2, 0.25) is 0 Å². The molecule has 0 aliphatic carbocycles. The maximum Gasteiger partial charge on any atom is 0.410 e. The van der Waals surface area contributed by atoms with Crippen LogP contribution in [0.1, 0.15) is 36.9 Å². The molecule has 0 aromatic heterocycles. The Balaban J connectivity index is 1.81. The van der Waals surface area contributed by atoms with Gasteiger partial charge in [-0.1, -0.05) is 60.5 Å². The number of benzene rings is 2. The molecule has 2 atom stereocenters. The number of amides is 1. The number of hydrogen-bond acceptors (Lipinski definition) is 5. The highest BCUT2D eigenvalue weighted by Crippen LogP contribution is 2.37.